The second-order valence-corrected chi connectivity index (χ2v) is 4.06. The van der Waals surface area contributed by atoms with Crippen LogP contribution >= 0.6 is 23.1 Å². The van der Waals surface area contributed by atoms with Crippen LogP contribution in [0.5, 0.6) is 0 Å². The minimum atomic E-state index is 0.651. The van der Waals surface area contributed by atoms with Crippen molar-refractivity contribution in [3.05, 3.63) is 17.1 Å². The van der Waals surface area contributed by atoms with Crippen LogP contribution in [0.2, 0.25) is 0 Å². The molecular weight excluding hydrogens is 204 g/mol. The number of hydrogen-bond acceptors (Lipinski definition) is 5. The zero-order chi connectivity index (χ0) is 9.26. The van der Waals surface area contributed by atoms with Gasteiger partial charge in [-0.1, -0.05) is 11.8 Å². The minimum Gasteiger partial charge on any atom is -0.298 e. The van der Waals surface area contributed by atoms with E-state index in [1.807, 2.05) is 6.26 Å². The second-order valence-electron chi connectivity index (χ2n) is 2.38. The number of rotatable bonds is 2. The number of hydrogen-bond donors (Lipinski definition) is 0. The highest BCUT2D eigenvalue weighted by Gasteiger charge is 2.05. The molecule has 2 aromatic heterocycles. The number of aromatic nitrogens is 2. The Bertz CT molecular complexity index is 452. The average Bonchev–Trinajstić information content (AvgIpc) is 2.59. The summed E-state index contributed by atoms with van der Waals surface area (Å²) in [6.07, 6.45) is 4.50. The van der Waals surface area contributed by atoms with Gasteiger partial charge in [-0.25, -0.2) is 9.97 Å². The molecule has 5 heteroatoms. The van der Waals surface area contributed by atoms with Crippen molar-refractivity contribution >= 4 is 39.6 Å². The molecule has 3 nitrogen and oxygen atoms in total. The van der Waals surface area contributed by atoms with Crippen LogP contribution in [-0.2, 0) is 0 Å². The summed E-state index contributed by atoms with van der Waals surface area (Å²) in [7, 11) is 0. The summed E-state index contributed by atoms with van der Waals surface area (Å²) in [5, 5.41) is 2.50. The molecule has 13 heavy (non-hydrogen) atoms. The molecule has 0 aromatic carbocycles. The van der Waals surface area contributed by atoms with E-state index in [1.165, 1.54) is 23.1 Å². The maximum Gasteiger partial charge on any atom is 0.187 e. The van der Waals surface area contributed by atoms with Gasteiger partial charge < -0.3 is 0 Å². The molecule has 0 aliphatic carbocycles. The predicted molar refractivity (Wildman–Crippen MR) is 54.6 cm³/mol. The summed E-state index contributed by atoms with van der Waals surface area (Å²) >= 11 is 2.96. The summed E-state index contributed by atoms with van der Waals surface area (Å²) in [4.78, 5) is 19.0. The van der Waals surface area contributed by atoms with Gasteiger partial charge in [0.05, 0.1) is 15.8 Å². The van der Waals surface area contributed by atoms with E-state index in [1.54, 1.807) is 11.6 Å². The fraction of sp³-hybridized carbons (Fsp3) is 0.125. The Morgan fingerprint density at radius 2 is 2.46 bits per heavy atom. The van der Waals surface area contributed by atoms with Crippen molar-refractivity contribution in [1.82, 2.24) is 9.97 Å². The van der Waals surface area contributed by atoms with Gasteiger partial charge in [0.1, 0.15) is 0 Å². The first-order chi connectivity index (χ1) is 6.35. The van der Waals surface area contributed by atoms with Gasteiger partial charge in [-0.15, -0.1) is 11.3 Å². The van der Waals surface area contributed by atoms with Gasteiger partial charge in [0.25, 0.3) is 0 Å². The van der Waals surface area contributed by atoms with Gasteiger partial charge in [-0.2, -0.15) is 0 Å². The third-order valence-corrected chi connectivity index (χ3v) is 3.12. The maximum absolute atomic E-state index is 10.6. The summed E-state index contributed by atoms with van der Waals surface area (Å²) in [5.74, 6) is 0. The van der Waals surface area contributed by atoms with E-state index in [-0.39, 0.29) is 0 Å². The Morgan fingerprint density at radius 1 is 1.62 bits per heavy atom. The smallest absolute Gasteiger partial charge is 0.187 e. The van der Waals surface area contributed by atoms with Crippen LogP contribution in [0.3, 0.4) is 0 Å². The Morgan fingerprint density at radius 3 is 3.15 bits per heavy atom. The van der Waals surface area contributed by atoms with E-state index in [9.17, 15) is 4.79 Å². The Kier molecular flexibility index (Phi) is 2.28. The SMILES string of the molecule is CSc1ncc2scc(C=O)c2n1. The fourth-order valence-electron chi connectivity index (χ4n) is 1.01. The molecule has 0 bridgehead atoms. The van der Waals surface area contributed by atoms with E-state index in [0.717, 1.165) is 16.5 Å². The van der Waals surface area contributed by atoms with Crippen LogP contribution in [0.4, 0.5) is 0 Å². The summed E-state index contributed by atoms with van der Waals surface area (Å²) in [5.41, 5.74) is 1.41. The third kappa shape index (κ3) is 1.45. The number of fused-ring (bicyclic) bond motifs is 1. The first-order valence-electron chi connectivity index (χ1n) is 3.58. The largest absolute Gasteiger partial charge is 0.298 e. The monoisotopic (exact) mass is 210 g/mol. The highest BCUT2D eigenvalue weighted by molar-refractivity contribution is 7.98. The van der Waals surface area contributed by atoms with Crippen LogP contribution in [0.1, 0.15) is 10.4 Å². The summed E-state index contributed by atoms with van der Waals surface area (Å²) < 4.78 is 0.958. The topological polar surface area (TPSA) is 42.9 Å². The number of aldehydes is 1. The van der Waals surface area contributed by atoms with Crippen molar-refractivity contribution in [2.24, 2.45) is 0 Å². The molecule has 0 atom stereocenters. The lowest BCUT2D eigenvalue weighted by atomic mass is 10.3. The number of nitrogens with zero attached hydrogens (tertiary/aromatic N) is 2. The predicted octanol–water partition coefficient (Wildman–Crippen LogP) is 2.23. The van der Waals surface area contributed by atoms with E-state index >= 15 is 0 Å². The summed E-state index contributed by atoms with van der Waals surface area (Å²) in [6.45, 7) is 0. The standard InChI is InChI=1S/C8H6N2OS2/c1-12-8-9-2-6-7(10-8)5(3-11)4-13-6/h2-4H,1H3. The second kappa shape index (κ2) is 3.43. The quantitative estimate of drug-likeness (QED) is 0.433. The molecule has 0 aliphatic heterocycles. The van der Waals surface area contributed by atoms with Crippen molar-refractivity contribution < 1.29 is 4.79 Å². The zero-order valence-electron chi connectivity index (χ0n) is 6.85. The molecule has 2 aromatic rings. The molecule has 66 valence electrons. The van der Waals surface area contributed by atoms with Crippen molar-refractivity contribution in [3.8, 4) is 0 Å². The normalized spacial score (nSPS) is 10.5. The number of thioether (sulfide) groups is 1. The molecule has 0 saturated carbocycles. The van der Waals surface area contributed by atoms with Crippen molar-refractivity contribution in [2.75, 3.05) is 6.26 Å². The average molecular weight is 210 g/mol. The zero-order valence-corrected chi connectivity index (χ0v) is 8.48. The lowest BCUT2D eigenvalue weighted by Crippen LogP contribution is -1.86. The lowest BCUT2D eigenvalue weighted by molar-refractivity contribution is 0.112. The van der Waals surface area contributed by atoms with Gasteiger partial charge in [0, 0.05) is 11.6 Å². The molecular formula is C8H6N2OS2. The molecule has 0 amide bonds. The molecule has 0 aliphatic rings. The molecule has 0 radical (unpaired) electrons. The number of thiophene rings is 1. The van der Waals surface area contributed by atoms with Crippen LogP contribution in [0, 0.1) is 0 Å². The van der Waals surface area contributed by atoms with Gasteiger partial charge in [0.2, 0.25) is 0 Å². The summed E-state index contributed by atoms with van der Waals surface area (Å²) in [6, 6.07) is 0. The highest BCUT2D eigenvalue weighted by Crippen LogP contribution is 2.23. The van der Waals surface area contributed by atoms with Gasteiger partial charge in [0.15, 0.2) is 11.4 Å². The van der Waals surface area contributed by atoms with Crippen LogP contribution < -0.4 is 0 Å². The van der Waals surface area contributed by atoms with Crippen LogP contribution in [0.15, 0.2) is 16.7 Å². The molecule has 0 saturated heterocycles. The van der Waals surface area contributed by atoms with Gasteiger partial charge >= 0.3 is 0 Å². The van der Waals surface area contributed by atoms with E-state index in [2.05, 4.69) is 9.97 Å². The Hall–Kier alpha value is -0.940. The van der Waals surface area contributed by atoms with Crippen LogP contribution in [-0.4, -0.2) is 22.5 Å². The molecule has 2 rings (SSSR count). The number of carbonyl (C=O) groups is 1. The highest BCUT2D eigenvalue weighted by atomic mass is 32.2. The van der Waals surface area contributed by atoms with E-state index < -0.39 is 0 Å². The Balaban J connectivity index is 2.71. The molecule has 0 fully saturated rings. The third-order valence-electron chi connectivity index (χ3n) is 1.63. The minimum absolute atomic E-state index is 0.651. The first-order valence-corrected chi connectivity index (χ1v) is 5.69. The van der Waals surface area contributed by atoms with Crippen molar-refractivity contribution in [2.45, 2.75) is 5.16 Å². The maximum atomic E-state index is 10.6. The fourth-order valence-corrected chi connectivity index (χ4v) is 2.16. The molecule has 0 N–H and O–H groups in total. The van der Waals surface area contributed by atoms with E-state index in [0.29, 0.717) is 10.7 Å². The lowest BCUT2D eigenvalue weighted by Gasteiger charge is -1.93. The number of carbonyl (C=O) groups excluding carboxylic acids is 1. The first kappa shape index (κ1) is 8.65. The van der Waals surface area contributed by atoms with Crippen molar-refractivity contribution in [1.29, 1.82) is 0 Å². The van der Waals surface area contributed by atoms with Gasteiger partial charge in [-0.05, 0) is 6.26 Å². The van der Waals surface area contributed by atoms with Crippen LogP contribution in [0.25, 0.3) is 10.2 Å². The Labute approximate surface area is 83.2 Å². The molecule has 2 heterocycles. The van der Waals surface area contributed by atoms with Gasteiger partial charge in [-0.3, -0.25) is 4.79 Å². The molecule has 0 unspecified atom stereocenters. The van der Waals surface area contributed by atoms with E-state index in [4.69, 9.17) is 0 Å². The van der Waals surface area contributed by atoms with Crippen molar-refractivity contribution in [3.63, 3.8) is 0 Å². The molecule has 0 spiro atoms.